The van der Waals surface area contributed by atoms with Crippen LogP contribution in [0.2, 0.25) is 0 Å². The van der Waals surface area contributed by atoms with E-state index >= 15 is 0 Å². The summed E-state index contributed by atoms with van der Waals surface area (Å²) in [6, 6.07) is 7.90. The van der Waals surface area contributed by atoms with Crippen LogP contribution in [-0.4, -0.2) is 46.9 Å². The van der Waals surface area contributed by atoms with Gasteiger partial charge >= 0.3 is 5.97 Å². The molecule has 2 aliphatic rings. The summed E-state index contributed by atoms with van der Waals surface area (Å²) in [5, 5.41) is 6.72. The molecule has 3 N–H and O–H groups in total. The Kier molecular flexibility index (Phi) is 6.86. The van der Waals surface area contributed by atoms with Gasteiger partial charge in [-0.05, 0) is 50.2 Å². The van der Waals surface area contributed by atoms with Gasteiger partial charge in [0.1, 0.15) is 17.8 Å². The molecular weight excluding hydrogens is 464 g/mol. The topological polar surface area (TPSA) is 113 Å². The molecular formula is C26H30N4O4S. The first kappa shape index (κ1) is 23.5. The predicted molar refractivity (Wildman–Crippen MR) is 133 cm³/mol. The lowest BCUT2D eigenvalue weighted by molar-refractivity contribution is -0.145. The molecule has 0 aliphatic heterocycles. The number of para-hydroxylation sites is 1. The van der Waals surface area contributed by atoms with Crippen molar-refractivity contribution in [3.05, 3.63) is 52.1 Å². The Bertz CT molecular complexity index is 1200. The Balaban J connectivity index is 1.29. The van der Waals surface area contributed by atoms with Crippen LogP contribution in [0.4, 0.5) is 0 Å². The van der Waals surface area contributed by atoms with E-state index in [0.29, 0.717) is 24.5 Å². The van der Waals surface area contributed by atoms with E-state index in [1.807, 2.05) is 29.8 Å². The minimum atomic E-state index is -0.795. The summed E-state index contributed by atoms with van der Waals surface area (Å²) in [6.45, 7) is 0. The number of aromatic amines is 1. The fourth-order valence-corrected chi connectivity index (χ4v) is 5.83. The number of hydrogen-bond donors (Lipinski definition) is 3. The lowest BCUT2D eigenvalue weighted by atomic mass is 9.86. The molecule has 3 atom stereocenters. The van der Waals surface area contributed by atoms with Crippen molar-refractivity contribution in [1.82, 2.24) is 20.6 Å². The molecule has 0 saturated heterocycles. The highest BCUT2D eigenvalue weighted by molar-refractivity contribution is 7.09. The Morgan fingerprint density at radius 1 is 1.14 bits per heavy atom. The van der Waals surface area contributed by atoms with Crippen molar-refractivity contribution in [2.24, 2.45) is 5.92 Å². The highest BCUT2D eigenvalue weighted by Gasteiger charge is 2.35. The number of fused-ring (bicyclic) bond motifs is 2. The van der Waals surface area contributed by atoms with E-state index < -0.39 is 18.1 Å². The molecule has 0 radical (unpaired) electrons. The van der Waals surface area contributed by atoms with Crippen molar-refractivity contribution >= 4 is 40.0 Å². The van der Waals surface area contributed by atoms with Gasteiger partial charge in [-0.15, -0.1) is 11.3 Å². The Hall–Kier alpha value is -3.20. The number of nitrogens with zero attached hydrogens (tertiary/aromatic N) is 1. The summed E-state index contributed by atoms with van der Waals surface area (Å²) in [6.07, 6.45) is 6.03. The van der Waals surface area contributed by atoms with Gasteiger partial charge in [-0.3, -0.25) is 9.59 Å². The number of aryl methyl sites for hydroxylation is 1. The van der Waals surface area contributed by atoms with E-state index in [9.17, 15) is 14.4 Å². The highest BCUT2D eigenvalue weighted by atomic mass is 32.1. The number of carbonyl (C=O) groups excluding carboxylic acids is 3. The zero-order chi connectivity index (χ0) is 24.4. The third-order valence-corrected chi connectivity index (χ3v) is 7.91. The number of ether oxygens (including phenoxy) is 1. The number of thiazole rings is 1. The zero-order valence-electron chi connectivity index (χ0n) is 19.7. The molecule has 2 aromatic heterocycles. The van der Waals surface area contributed by atoms with E-state index in [2.05, 4.69) is 20.6 Å². The number of amides is 2. The van der Waals surface area contributed by atoms with Gasteiger partial charge in [0.2, 0.25) is 5.91 Å². The summed E-state index contributed by atoms with van der Waals surface area (Å²) in [4.78, 5) is 47.9. The van der Waals surface area contributed by atoms with Gasteiger partial charge < -0.3 is 20.4 Å². The second-order valence-corrected chi connectivity index (χ2v) is 10.5. The lowest BCUT2D eigenvalue weighted by Crippen LogP contribution is -2.52. The van der Waals surface area contributed by atoms with E-state index in [1.54, 1.807) is 17.4 Å². The van der Waals surface area contributed by atoms with Crippen LogP contribution in [0, 0.1) is 5.92 Å². The molecule has 0 bridgehead atoms. The smallest absolute Gasteiger partial charge is 0.328 e. The molecule has 5 rings (SSSR count). The largest absolute Gasteiger partial charge is 0.467 e. The maximum absolute atomic E-state index is 13.4. The summed E-state index contributed by atoms with van der Waals surface area (Å²) >= 11 is 1.64. The van der Waals surface area contributed by atoms with Crippen LogP contribution in [-0.2, 0) is 20.7 Å². The quantitative estimate of drug-likeness (QED) is 0.393. The Labute approximate surface area is 207 Å². The molecule has 2 amide bonds. The monoisotopic (exact) mass is 494 g/mol. The van der Waals surface area contributed by atoms with Crippen molar-refractivity contribution < 1.29 is 19.1 Å². The molecule has 1 aromatic carbocycles. The summed E-state index contributed by atoms with van der Waals surface area (Å²) in [5.41, 5.74) is 4.15. The number of aromatic nitrogens is 2. The third kappa shape index (κ3) is 5.40. The van der Waals surface area contributed by atoms with Gasteiger partial charge in [0.05, 0.1) is 18.3 Å². The molecule has 2 heterocycles. The minimum absolute atomic E-state index is 0.0946. The molecule has 3 aromatic rings. The first-order valence-corrected chi connectivity index (χ1v) is 13.1. The van der Waals surface area contributed by atoms with Gasteiger partial charge in [0.15, 0.2) is 0 Å². The number of rotatable bonds is 9. The number of H-pyrrole nitrogens is 1. The van der Waals surface area contributed by atoms with Crippen molar-refractivity contribution in [3.8, 4) is 0 Å². The molecule has 2 unspecified atom stereocenters. The minimum Gasteiger partial charge on any atom is -0.467 e. The van der Waals surface area contributed by atoms with E-state index in [1.165, 1.54) is 12.0 Å². The number of methoxy groups -OCH3 is 1. The van der Waals surface area contributed by atoms with Crippen molar-refractivity contribution in [3.63, 3.8) is 0 Å². The molecule has 9 heteroatoms. The maximum atomic E-state index is 13.4. The van der Waals surface area contributed by atoms with Crippen LogP contribution in [0.3, 0.4) is 0 Å². The molecule has 8 nitrogen and oxygen atoms in total. The van der Waals surface area contributed by atoms with E-state index in [0.717, 1.165) is 48.7 Å². The normalized spacial score (nSPS) is 18.9. The third-order valence-electron chi connectivity index (χ3n) is 7.00. The van der Waals surface area contributed by atoms with Crippen molar-refractivity contribution in [2.45, 2.75) is 62.9 Å². The Morgan fingerprint density at radius 2 is 1.97 bits per heavy atom. The molecule has 2 aliphatic carbocycles. The average Bonchev–Trinajstić information content (AvgIpc) is 3.37. The zero-order valence-corrected chi connectivity index (χ0v) is 20.5. The van der Waals surface area contributed by atoms with Gasteiger partial charge in [-0.25, -0.2) is 9.78 Å². The van der Waals surface area contributed by atoms with Gasteiger partial charge in [0.25, 0.3) is 5.91 Å². The second kappa shape index (κ2) is 10.2. The van der Waals surface area contributed by atoms with Crippen LogP contribution in [0.25, 0.3) is 10.9 Å². The van der Waals surface area contributed by atoms with Crippen LogP contribution in [0.1, 0.15) is 65.5 Å². The SMILES string of the molecule is COC(=O)C(CC1CCCc2scnc21)NC(=O)[C@H](CC1CC1)NC(=O)c1cc2ccccc2[nH]1. The second-order valence-electron chi connectivity index (χ2n) is 9.55. The first-order chi connectivity index (χ1) is 17.0. The van der Waals surface area contributed by atoms with Crippen LogP contribution >= 0.6 is 11.3 Å². The summed E-state index contributed by atoms with van der Waals surface area (Å²) < 4.78 is 5.02. The molecule has 1 fully saturated rings. The fourth-order valence-electron chi connectivity index (χ4n) is 4.94. The molecule has 35 heavy (non-hydrogen) atoms. The Morgan fingerprint density at radius 3 is 2.74 bits per heavy atom. The van der Waals surface area contributed by atoms with Crippen LogP contribution in [0.5, 0.6) is 0 Å². The highest BCUT2D eigenvalue weighted by Crippen LogP contribution is 2.36. The number of carbonyl (C=O) groups is 3. The number of nitrogens with one attached hydrogen (secondary N) is 3. The van der Waals surface area contributed by atoms with Crippen LogP contribution < -0.4 is 10.6 Å². The van der Waals surface area contributed by atoms with Gasteiger partial charge in [0, 0.05) is 21.7 Å². The molecule has 184 valence electrons. The number of esters is 1. The van der Waals surface area contributed by atoms with Crippen molar-refractivity contribution in [2.75, 3.05) is 7.11 Å². The molecule has 1 saturated carbocycles. The van der Waals surface area contributed by atoms with Crippen molar-refractivity contribution in [1.29, 1.82) is 0 Å². The van der Waals surface area contributed by atoms with E-state index in [4.69, 9.17) is 4.74 Å². The van der Waals surface area contributed by atoms with Gasteiger partial charge in [-0.1, -0.05) is 31.0 Å². The van der Waals surface area contributed by atoms with E-state index in [-0.39, 0.29) is 17.7 Å². The standard InChI is InChI=1S/C26H30N4O4S/c1-34-26(33)21(13-17-6-4-8-22-23(17)27-14-35-22)30-24(31)19(11-15-9-10-15)29-25(32)20-12-16-5-2-3-7-18(16)28-20/h2-3,5,7,12,14-15,17,19,21,28H,4,6,8-11,13H2,1H3,(H,29,32)(H,30,31)/t17?,19-,21?/m0/s1. The number of hydrogen-bond acceptors (Lipinski definition) is 6. The maximum Gasteiger partial charge on any atom is 0.328 e. The average molecular weight is 495 g/mol. The number of benzene rings is 1. The lowest BCUT2D eigenvalue weighted by Gasteiger charge is -2.27. The summed E-state index contributed by atoms with van der Waals surface area (Å²) in [5.74, 6) is -0.673. The summed E-state index contributed by atoms with van der Waals surface area (Å²) in [7, 11) is 1.33. The predicted octanol–water partition coefficient (Wildman–Crippen LogP) is 3.69. The van der Waals surface area contributed by atoms with Crippen LogP contribution in [0.15, 0.2) is 35.8 Å². The fraction of sp³-hybridized carbons (Fsp3) is 0.462. The first-order valence-electron chi connectivity index (χ1n) is 12.2. The van der Waals surface area contributed by atoms with Gasteiger partial charge in [-0.2, -0.15) is 0 Å². The molecule has 0 spiro atoms.